The smallest absolute Gasteiger partial charge is 0.254 e. The first-order valence-electron chi connectivity index (χ1n) is 7.97. The summed E-state index contributed by atoms with van der Waals surface area (Å²) in [7, 11) is 1.71. The van der Waals surface area contributed by atoms with Crippen LogP contribution in [0, 0.1) is 0 Å². The topological polar surface area (TPSA) is 75.7 Å². The zero-order valence-electron chi connectivity index (χ0n) is 13.8. The molecule has 0 saturated carbocycles. The van der Waals surface area contributed by atoms with E-state index in [0.29, 0.717) is 43.8 Å². The number of likely N-dealkylation sites (N-methyl/N-ethyl adjacent to an activating group) is 1. The Hall–Kier alpha value is -2.47. The second kappa shape index (κ2) is 8.98. The third-order valence-electron chi connectivity index (χ3n) is 3.97. The lowest BCUT2D eigenvalue weighted by Crippen LogP contribution is -2.32. The van der Waals surface area contributed by atoms with Gasteiger partial charge in [-0.3, -0.25) is 14.4 Å². The molecule has 1 aliphatic carbocycles. The van der Waals surface area contributed by atoms with Gasteiger partial charge < -0.3 is 15.0 Å². The van der Waals surface area contributed by atoms with Crippen LogP contribution in [-0.2, 0) is 20.7 Å². The molecule has 0 bridgehead atoms. The van der Waals surface area contributed by atoms with Crippen LogP contribution in [0.4, 0.5) is 0 Å². The lowest BCUT2D eigenvalue weighted by atomic mass is 9.87. The molecule has 1 N–H and O–H groups in total. The van der Waals surface area contributed by atoms with Gasteiger partial charge >= 0.3 is 0 Å². The molecular weight excluding hydrogens is 308 g/mol. The summed E-state index contributed by atoms with van der Waals surface area (Å²) in [5.74, 6) is -0.129. The van der Waals surface area contributed by atoms with E-state index in [0.717, 1.165) is 30.3 Å². The lowest BCUT2D eigenvalue weighted by Gasteiger charge is -2.22. The van der Waals surface area contributed by atoms with Gasteiger partial charge in [-0.05, 0) is 24.5 Å². The van der Waals surface area contributed by atoms with Crippen LogP contribution in [0.2, 0.25) is 0 Å². The number of nitrogens with one attached hydrogen (secondary N) is 1. The highest BCUT2D eigenvalue weighted by Gasteiger charge is 2.22. The molecule has 128 valence electrons. The van der Waals surface area contributed by atoms with Gasteiger partial charge in [-0.15, -0.1) is 0 Å². The molecule has 1 aliphatic rings. The first-order valence-corrected chi connectivity index (χ1v) is 7.97. The highest BCUT2D eigenvalue weighted by molar-refractivity contribution is 6.13. The molecule has 2 amide bonds. The monoisotopic (exact) mass is 330 g/mol. The van der Waals surface area contributed by atoms with E-state index in [9.17, 15) is 14.4 Å². The minimum absolute atomic E-state index is 0.129. The van der Waals surface area contributed by atoms with E-state index in [-0.39, 0.29) is 5.91 Å². The van der Waals surface area contributed by atoms with Crippen LogP contribution in [-0.4, -0.2) is 56.9 Å². The van der Waals surface area contributed by atoms with E-state index >= 15 is 0 Å². The fourth-order valence-corrected chi connectivity index (χ4v) is 2.72. The first-order chi connectivity index (χ1) is 11.7. The number of hydrogen-bond acceptors (Lipinski definition) is 4. The Bertz CT molecular complexity index is 640. The number of carbonyl (C=O) groups is 3. The Labute approximate surface area is 141 Å². The molecule has 0 heterocycles. The maximum absolute atomic E-state index is 12.7. The molecular formula is C18H22N2O4. The van der Waals surface area contributed by atoms with Gasteiger partial charge in [0.1, 0.15) is 6.29 Å². The number of benzene rings is 1. The molecule has 0 saturated heterocycles. The number of rotatable bonds is 9. The largest absolute Gasteiger partial charge is 0.378 e. The average Bonchev–Trinajstić information content (AvgIpc) is 2.62. The van der Waals surface area contributed by atoms with Crippen LogP contribution in [0.25, 0.3) is 5.57 Å². The number of ether oxygens (including phenoxy) is 1. The van der Waals surface area contributed by atoms with Gasteiger partial charge in [0.05, 0.1) is 13.2 Å². The molecule has 0 fully saturated rings. The Morgan fingerprint density at radius 3 is 2.92 bits per heavy atom. The third kappa shape index (κ3) is 4.29. The number of amides is 2. The van der Waals surface area contributed by atoms with Gasteiger partial charge in [-0.1, -0.05) is 18.2 Å². The summed E-state index contributed by atoms with van der Waals surface area (Å²) in [4.78, 5) is 35.7. The average molecular weight is 330 g/mol. The molecule has 2 rings (SSSR count). The standard InChI is InChI=1S/C18H22N2O4/c1-20(9-11-24-10-8-19-13-22)18(23)16-7-3-5-14-4-2-6-15(12-21)17(14)16/h3,5-7,12-13H,2,4,8-11H2,1H3,(H,19,22). The predicted octanol–water partition coefficient (Wildman–Crippen LogP) is 1.05. The first kappa shape index (κ1) is 17.9. The predicted molar refractivity (Wildman–Crippen MR) is 90.7 cm³/mol. The minimum atomic E-state index is -0.129. The van der Waals surface area contributed by atoms with E-state index in [2.05, 4.69) is 5.32 Å². The van der Waals surface area contributed by atoms with Crippen molar-refractivity contribution in [1.82, 2.24) is 10.2 Å². The zero-order valence-corrected chi connectivity index (χ0v) is 13.8. The highest BCUT2D eigenvalue weighted by Crippen LogP contribution is 2.29. The van der Waals surface area contributed by atoms with Gasteiger partial charge in [-0.25, -0.2) is 0 Å². The maximum atomic E-state index is 12.7. The highest BCUT2D eigenvalue weighted by atomic mass is 16.5. The normalized spacial score (nSPS) is 12.8. The van der Waals surface area contributed by atoms with Gasteiger partial charge in [0.2, 0.25) is 6.41 Å². The van der Waals surface area contributed by atoms with Gasteiger partial charge in [0.25, 0.3) is 5.91 Å². The number of aryl methyl sites for hydroxylation is 1. The number of aldehydes is 1. The molecule has 1 aromatic rings. The lowest BCUT2D eigenvalue weighted by molar-refractivity contribution is -0.109. The second-order valence-corrected chi connectivity index (χ2v) is 5.57. The van der Waals surface area contributed by atoms with Crippen molar-refractivity contribution in [3.05, 3.63) is 41.0 Å². The van der Waals surface area contributed by atoms with Crippen LogP contribution in [0.1, 0.15) is 27.9 Å². The number of nitrogens with zero attached hydrogens (tertiary/aromatic N) is 1. The van der Waals surface area contributed by atoms with E-state index in [1.54, 1.807) is 18.0 Å². The molecule has 0 radical (unpaired) electrons. The number of hydrogen-bond donors (Lipinski definition) is 1. The molecule has 0 aromatic heterocycles. The third-order valence-corrected chi connectivity index (χ3v) is 3.97. The quantitative estimate of drug-likeness (QED) is 0.542. The Morgan fingerprint density at radius 2 is 2.17 bits per heavy atom. The summed E-state index contributed by atoms with van der Waals surface area (Å²) < 4.78 is 5.36. The van der Waals surface area contributed by atoms with Gasteiger partial charge in [-0.2, -0.15) is 0 Å². The molecule has 6 nitrogen and oxygen atoms in total. The van der Waals surface area contributed by atoms with Crippen molar-refractivity contribution in [2.45, 2.75) is 12.8 Å². The summed E-state index contributed by atoms with van der Waals surface area (Å²) in [5, 5.41) is 2.51. The molecule has 0 atom stereocenters. The van der Waals surface area contributed by atoms with Crippen LogP contribution in [0.15, 0.2) is 24.3 Å². The molecule has 6 heteroatoms. The summed E-state index contributed by atoms with van der Waals surface area (Å²) in [6.07, 6.45) is 4.98. The Morgan fingerprint density at radius 1 is 1.33 bits per heavy atom. The van der Waals surface area contributed by atoms with Crippen molar-refractivity contribution in [3.63, 3.8) is 0 Å². The van der Waals surface area contributed by atoms with Crippen molar-refractivity contribution < 1.29 is 19.1 Å². The Kier molecular flexibility index (Phi) is 6.69. The minimum Gasteiger partial charge on any atom is -0.378 e. The van der Waals surface area contributed by atoms with Crippen LogP contribution < -0.4 is 5.32 Å². The van der Waals surface area contributed by atoms with E-state index in [1.807, 2.05) is 18.2 Å². The Balaban J connectivity index is 2.01. The fraction of sp³-hybridized carbons (Fsp3) is 0.389. The van der Waals surface area contributed by atoms with E-state index in [1.165, 1.54) is 0 Å². The van der Waals surface area contributed by atoms with Gasteiger partial charge in [0, 0.05) is 36.8 Å². The molecule has 24 heavy (non-hydrogen) atoms. The SMILES string of the molecule is CN(CCOCCNC=O)C(=O)c1cccc2c1C(C=O)=CCC2. The van der Waals surface area contributed by atoms with Crippen LogP contribution >= 0.6 is 0 Å². The maximum Gasteiger partial charge on any atom is 0.254 e. The van der Waals surface area contributed by atoms with Crippen molar-refractivity contribution in [2.24, 2.45) is 0 Å². The molecule has 0 aliphatic heterocycles. The number of allylic oxidation sites excluding steroid dienone is 2. The number of carbonyl (C=O) groups excluding carboxylic acids is 3. The van der Waals surface area contributed by atoms with Gasteiger partial charge in [0.15, 0.2) is 0 Å². The van der Waals surface area contributed by atoms with Crippen LogP contribution in [0.3, 0.4) is 0 Å². The summed E-state index contributed by atoms with van der Waals surface area (Å²) >= 11 is 0. The van der Waals surface area contributed by atoms with Crippen molar-refractivity contribution >= 4 is 24.2 Å². The summed E-state index contributed by atoms with van der Waals surface area (Å²) in [5.41, 5.74) is 2.93. The molecule has 1 aromatic carbocycles. The number of fused-ring (bicyclic) bond motifs is 1. The van der Waals surface area contributed by atoms with Crippen molar-refractivity contribution in [2.75, 3.05) is 33.4 Å². The zero-order chi connectivity index (χ0) is 17.4. The fourth-order valence-electron chi connectivity index (χ4n) is 2.72. The molecule has 0 unspecified atom stereocenters. The summed E-state index contributed by atoms with van der Waals surface area (Å²) in [6, 6.07) is 5.58. The van der Waals surface area contributed by atoms with Crippen LogP contribution in [0.5, 0.6) is 0 Å². The molecule has 0 spiro atoms. The van der Waals surface area contributed by atoms with Crippen molar-refractivity contribution in [1.29, 1.82) is 0 Å². The van der Waals surface area contributed by atoms with Crippen molar-refractivity contribution in [3.8, 4) is 0 Å². The summed E-state index contributed by atoms with van der Waals surface area (Å²) in [6.45, 7) is 1.66. The second-order valence-electron chi connectivity index (χ2n) is 5.57. The van der Waals surface area contributed by atoms with E-state index < -0.39 is 0 Å². The van der Waals surface area contributed by atoms with E-state index in [4.69, 9.17) is 4.74 Å².